The number of aryl methyl sites for hydroxylation is 1. The first kappa shape index (κ1) is 20.1. The number of rotatable bonds is 6. The second kappa shape index (κ2) is 8.64. The Hall–Kier alpha value is -3.23. The molecule has 0 spiro atoms. The van der Waals surface area contributed by atoms with Crippen molar-refractivity contribution < 1.29 is 9.53 Å². The Bertz CT molecular complexity index is 1020. The van der Waals surface area contributed by atoms with E-state index in [0.29, 0.717) is 18.7 Å². The molecule has 0 saturated carbocycles. The molecule has 8 heteroatoms. The molecule has 0 bridgehead atoms. The van der Waals surface area contributed by atoms with E-state index in [2.05, 4.69) is 20.3 Å². The standard InChI is InChI=1S/C22H26N6O2/c1-27-12-19(20(13-27)30-14-15-6-4-3-5-7-15)26-22(29)18-8-16(9-24-21(18)23)17-10-25-28(2)11-17/h3-11,19-20H,12-14H2,1-2H3,(H2,23,24)(H,26,29)/t19-,20-/m0/s1. The van der Waals surface area contributed by atoms with E-state index >= 15 is 0 Å². The Morgan fingerprint density at radius 1 is 1.20 bits per heavy atom. The van der Waals surface area contributed by atoms with Gasteiger partial charge in [-0.1, -0.05) is 30.3 Å². The van der Waals surface area contributed by atoms with E-state index in [1.54, 1.807) is 23.1 Å². The summed E-state index contributed by atoms with van der Waals surface area (Å²) >= 11 is 0. The van der Waals surface area contributed by atoms with Gasteiger partial charge in [-0.2, -0.15) is 5.10 Å². The fourth-order valence-corrected chi connectivity index (χ4v) is 3.68. The van der Waals surface area contributed by atoms with Crippen molar-refractivity contribution in [3.63, 3.8) is 0 Å². The van der Waals surface area contributed by atoms with Crippen LogP contribution in [0.4, 0.5) is 5.82 Å². The number of pyridine rings is 1. The largest absolute Gasteiger partial charge is 0.383 e. The van der Waals surface area contributed by atoms with Crippen LogP contribution in [0.3, 0.4) is 0 Å². The summed E-state index contributed by atoms with van der Waals surface area (Å²) in [5, 5.41) is 7.26. The van der Waals surface area contributed by atoms with Crippen molar-refractivity contribution in [2.75, 3.05) is 25.9 Å². The average Bonchev–Trinajstić information content (AvgIpc) is 3.32. The molecule has 1 amide bonds. The molecule has 156 valence electrons. The lowest BCUT2D eigenvalue weighted by Crippen LogP contribution is -2.44. The molecule has 2 atom stereocenters. The van der Waals surface area contributed by atoms with Gasteiger partial charge in [0, 0.05) is 43.7 Å². The van der Waals surface area contributed by atoms with Gasteiger partial charge in [0.05, 0.1) is 30.5 Å². The molecule has 3 heterocycles. The highest BCUT2D eigenvalue weighted by Crippen LogP contribution is 2.22. The first-order chi connectivity index (χ1) is 14.5. The van der Waals surface area contributed by atoms with E-state index < -0.39 is 0 Å². The Kier molecular flexibility index (Phi) is 5.78. The maximum atomic E-state index is 13.0. The Balaban J connectivity index is 1.46. The number of ether oxygens (including phenoxy) is 1. The SMILES string of the molecule is CN1C[C@H](NC(=O)c2cc(-c3cnn(C)c3)cnc2N)[C@@H](OCc2ccccc2)C1. The molecule has 1 aliphatic rings. The number of carbonyl (C=O) groups is 1. The zero-order valence-electron chi connectivity index (χ0n) is 17.2. The summed E-state index contributed by atoms with van der Waals surface area (Å²) < 4.78 is 7.82. The van der Waals surface area contributed by atoms with E-state index in [0.717, 1.165) is 23.2 Å². The van der Waals surface area contributed by atoms with Gasteiger partial charge in [0.15, 0.2) is 0 Å². The van der Waals surface area contributed by atoms with Gasteiger partial charge in [-0.15, -0.1) is 0 Å². The summed E-state index contributed by atoms with van der Waals surface area (Å²) in [6.45, 7) is 1.97. The molecule has 1 aliphatic heterocycles. The highest BCUT2D eigenvalue weighted by atomic mass is 16.5. The van der Waals surface area contributed by atoms with Crippen LogP contribution in [0.1, 0.15) is 15.9 Å². The van der Waals surface area contributed by atoms with Crippen LogP contribution in [0.2, 0.25) is 0 Å². The van der Waals surface area contributed by atoms with Crippen molar-refractivity contribution in [3.05, 3.63) is 66.1 Å². The van der Waals surface area contributed by atoms with E-state index in [-0.39, 0.29) is 23.9 Å². The molecule has 1 saturated heterocycles. The average molecular weight is 406 g/mol. The van der Waals surface area contributed by atoms with Crippen LogP contribution in [-0.4, -0.2) is 57.9 Å². The second-order valence-electron chi connectivity index (χ2n) is 7.70. The lowest BCUT2D eigenvalue weighted by molar-refractivity contribution is 0.0323. The molecule has 0 aliphatic carbocycles. The fraction of sp³-hybridized carbons (Fsp3) is 0.318. The van der Waals surface area contributed by atoms with Gasteiger partial charge in [0.2, 0.25) is 0 Å². The van der Waals surface area contributed by atoms with Crippen molar-refractivity contribution in [2.24, 2.45) is 7.05 Å². The number of anilines is 1. The number of benzene rings is 1. The Morgan fingerprint density at radius 3 is 2.73 bits per heavy atom. The topological polar surface area (TPSA) is 98.3 Å². The van der Waals surface area contributed by atoms with E-state index in [1.165, 1.54) is 0 Å². The Labute approximate surface area is 175 Å². The number of amides is 1. The maximum Gasteiger partial charge on any atom is 0.255 e. The van der Waals surface area contributed by atoms with Gasteiger partial charge >= 0.3 is 0 Å². The molecule has 2 aromatic heterocycles. The number of hydrogen-bond donors (Lipinski definition) is 2. The van der Waals surface area contributed by atoms with E-state index in [1.807, 2.05) is 50.6 Å². The van der Waals surface area contributed by atoms with Crippen molar-refractivity contribution >= 4 is 11.7 Å². The zero-order valence-corrected chi connectivity index (χ0v) is 17.2. The third kappa shape index (κ3) is 4.50. The van der Waals surface area contributed by atoms with Crippen LogP contribution in [0, 0.1) is 0 Å². The minimum absolute atomic E-state index is 0.102. The molecule has 0 radical (unpaired) electrons. The number of hydrogen-bond acceptors (Lipinski definition) is 6. The normalized spacial score (nSPS) is 19.1. The molecular weight excluding hydrogens is 380 g/mol. The molecule has 4 rings (SSSR count). The lowest BCUT2D eigenvalue weighted by Gasteiger charge is -2.21. The van der Waals surface area contributed by atoms with Gasteiger partial charge in [0.25, 0.3) is 5.91 Å². The molecule has 0 unspecified atom stereocenters. The highest BCUT2D eigenvalue weighted by molar-refractivity contribution is 5.99. The zero-order chi connectivity index (χ0) is 21.1. The van der Waals surface area contributed by atoms with Gasteiger partial charge in [0.1, 0.15) is 5.82 Å². The number of aromatic nitrogens is 3. The van der Waals surface area contributed by atoms with Gasteiger partial charge in [-0.25, -0.2) is 4.98 Å². The monoisotopic (exact) mass is 406 g/mol. The summed E-state index contributed by atoms with van der Waals surface area (Å²) in [6.07, 6.45) is 5.15. The van der Waals surface area contributed by atoms with Crippen LogP contribution in [0.15, 0.2) is 55.0 Å². The Morgan fingerprint density at radius 2 is 2.00 bits per heavy atom. The fourth-order valence-electron chi connectivity index (χ4n) is 3.68. The first-order valence-corrected chi connectivity index (χ1v) is 9.89. The minimum atomic E-state index is -0.251. The van der Waals surface area contributed by atoms with Crippen molar-refractivity contribution in [1.82, 2.24) is 25.0 Å². The van der Waals surface area contributed by atoms with Gasteiger partial charge in [-0.05, 0) is 18.7 Å². The summed E-state index contributed by atoms with van der Waals surface area (Å²) in [4.78, 5) is 19.4. The molecular formula is C22H26N6O2. The van der Waals surface area contributed by atoms with Crippen LogP contribution in [-0.2, 0) is 18.4 Å². The minimum Gasteiger partial charge on any atom is -0.383 e. The summed E-state index contributed by atoms with van der Waals surface area (Å²) in [5.41, 5.74) is 9.14. The molecule has 1 fully saturated rings. The quantitative estimate of drug-likeness (QED) is 0.647. The van der Waals surface area contributed by atoms with Crippen LogP contribution in [0.25, 0.3) is 11.1 Å². The number of nitrogens with zero attached hydrogens (tertiary/aromatic N) is 4. The van der Waals surface area contributed by atoms with Gasteiger partial charge < -0.3 is 20.7 Å². The molecule has 8 nitrogen and oxygen atoms in total. The van der Waals surface area contributed by atoms with Crippen molar-refractivity contribution in [2.45, 2.75) is 18.8 Å². The second-order valence-corrected chi connectivity index (χ2v) is 7.70. The number of nitrogen functional groups attached to an aromatic ring is 1. The number of nitrogens with one attached hydrogen (secondary N) is 1. The molecule has 1 aromatic carbocycles. The number of nitrogens with two attached hydrogens (primary N) is 1. The van der Waals surface area contributed by atoms with Gasteiger partial charge in [-0.3, -0.25) is 9.48 Å². The highest BCUT2D eigenvalue weighted by Gasteiger charge is 2.33. The molecule has 30 heavy (non-hydrogen) atoms. The van der Waals surface area contributed by atoms with E-state index in [4.69, 9.17) is 10.5 Å². The predicted octanol–water partition coefficient (Wildman–Crippen LogP) is 1.69. The number of carbonyl (C=O) groups excluding carboxylic acids is 1. The smallest absolute Gasteiger partial charge is 0.255 e. The molecule has 3 aromatic rings. The van der Waals surface area contributed by atoms with Crippen molar-refractivity contribution in [1.29, 1.82) is 0 Å². The van der Waals surface area contributed by atoms with E-state index in [9.17, 15) is 4.79 Å². The first-order valence-electron chi connectivity index (χ1n) is 9.89. The number of likely N-dealkylation sites (N-methyl/N-ethyl adjacent to an activating group) is 1. The summed E-state index contributed by atoms with van der Waals surface area (Å²) in [5.74, 6) is -0.0485. The number of likely N-dealkylation sites (tertiary alicyclic amines) is 1. The third-order valence-electron chi connectivity index (χ3n) is 5.27. The van der Waals surface area contributed by atoms with Crippen LogP contribution >= 0.6 is 0 Å². The maximum absolute atomic E-state index is 13.0. The lowest BCUT2D eigenvalue weighted by atomic mass is 10.1. The van der Waals surface area contributed by atoms with Crippen LogP contribution in [0.5, 0.6) is 0 Å². The molecule has 3 N–H and O–H groups in total. The third-order valence-corrected chi connectivity index (χ3v) is 5.27. The summed E-state index contributed by atoms with van der Waals surface area (Å²) in [6, 6.07) is 11.6. The summed E-state index contributed by atoms with van der Waals surface area (Å²) in [7, 11) is 3.86. The predicted molar refractivity (Wildman–Crippen MR) is 115 cm³/mol. The van der Waals surface area contributed by atoms with Crippen molar-refractivity contribution in [3.8, 4) is 11.1 Å². The van der Waals surface area contributed by atoms with Crippen LogP contribution < -0.4 is 11.1 Å².